The smallest absolute Gasteiger partial charge is 0.228 e. The number of hydrogen-bond acceptors (Lipinski definition) is 5. The van der Waals surface area contributed by atoms with Gasteiger partial charge in [0.2, 0.25) is 11.7 Å². The van der Waals surface area contributed by atoms with Crippen LogP contribution in [0.5, 0.6) is 0 Å². The normalized spacial score (nSPS) is 23.5. The molecule has 3 atom stereocenters. The summed E-state index contributed by atoms with van der Waals surface area (Å²) in [4.78, 5) is 31.5. The minimum Gasteiger partial charge on any atom is -0.375 e. The summed E-state index contributed by atoms with van der Waals surface area (Å²) >= 11 is 0. The number of aromatic nitrogens is 1. The lowest BCUT2D eigenvalue weighted by molar-refractivity contribution is -0.116. The van der Waals surface area contributed by atoms with Crippen LogP contribution in [0.3, 0.4) is 0 Å². The van der Waals surface area contributed by atoms with Gasteiger partial charge in [0.25, 0.3) is 0 Å². The number of nitrogens with zero attached hydrogens (tertiary/aromatic N) is 2. The first kappa shape index (κ1) is 22.4. The Bertz CT molecular complexity index is 1290. The summed E-state index contributed by atoms with van der Waals surface area (Å²) in [5.41, 5.74) is 4.19. The maximum absolute atomic E-state index is 13.0. The molecule has 2 aromatic carbocycles. The van der Waals surface area contributed by atoms with E-state index in [2.05, 4.69) is 31.3 Å². The van der Waals surface area contributed by atoms with Crippen molar-refractivity contribution in [2.24, 2.45) is 0 Å². The van der Waals surface area contributed by atoms with Crippen molar-refractivity contribution in [2.45, 2.75) is 58.4 Å². The molecule has 0 saturated carbocycles. The molecule has 3 heterocycles. The minimum absolute atomic E-state index is 0.161. The largest absolute Gasteiger partial charge is 0.375 e. The number of nitrogens with one attached hydrogen (secondary N) is 1. The number of rotatable bonds is 4. The first-order valence-corrected chi connectivity index (χ1v) is 11.8. The maximum Gasteiger partial charge on any atom is 0.228 e. The van der Waals surface area contributed by atoms with Gasteiger partial charge in [-0.3, -0.25) is 14.5 Å². The van der Waals surface area contributed by atoms with Crippen molar-refractivity contribution < 1.29 is 14.3 Å². The fraction of sp³-hybridized carbons (Fsp3) is 0.321. The average molecular weight is 456 g/mol. The van der Waals surface area contributed by atoms with Crippen molar-refractivity contribution in [2.75, 3.05) is 4.90 Å². The van der Waals surface area contributed by atoms with Crippen LogP contribution in [0, 0.1) is 0 Å². The molecule has 1 saturated heterocycles. The number of allylic oxidation sites excluding steroid dienone is 1. The second-order valence-electron chi connectivity index (χ2n) is 9.30. The van der Waals surface area contributed by atoms with E-state index in [0.29, 0.717) is 28.7 Å². The Morgan fingerprint density at radius 2 is 1.88 bits per heavy atom. The Labute approximate surface area is 199 Å². The number of benzene rings is 2. The second kappa shape index (κ2) is 9.12. The van der Waals surface area contributed by atoms with Crippen LogP contribution in [-0.4, -0.2) is 34.9 Å². The Morgan fingerprint density at radius 3 is 2.65 bits per heavy atom. The van der Waals surface area contributed by atoms with E-state index in [4.69, 9.17) is 9.72 Å². The van der Waals surface area contributed by atoms with Crippen LogP contribution in [0.1, 0.15) is 55.2 Å². The van der Waals surface area contributed by atoms with Gasteiger partial charge in [0.05, 0.1) is 34.8 Å². The first-order chi connectivity index (χ1) is 16.4. The third-order valence-corrected chi connectivity index (χ3v) is 6.53. The Kier molecular flexibility index (Phi) is 6.02. The quantitative estimate of drug-likeness (QED) is 0.568. The number of carbonyl (C=O) groups excluding carboxylic acids is 2. The van der Waals surface area contributed by atoms with E-state index in [1.54, 1.807) is 18.2 Å². The van der Waals surface area contributed by atoms with Crippen LogP contribution in [0.2, 0.25) is 0 Å². The minimum atomic E-state index is -0.198. The van der Waals surface area contributed by atoms with Crippen LogP contribution >= 0.6 is 0 Å². The Balaban J connectivity index is 1.36. The summed E-state index contributed by atoms with van der Waals surface area (Å²) in [6, 6.07) is 17.8. The van der Waals surface area contributed by atoms with E-state index < -0.39 is 0 Å². The number of anilines is 1. The highest BCUT2D eigenvalue weighted by Crippen LogP contribution is 2.35. The number of ketones is 1. The molecule has 0 radical (unpaired) electrons. The predicted octanol–water partition coefficient (Wildman–Crippen LogP) is 4.87. The van der Waals surface area contributed by atoms with Crippen molar-refractivity contribution in [3.05, 3.63) is 77.1 Å². The zero-order valence-electron chi connectivity index (χ0n) is 19.7. The van der Waals surface area contributed by atoms with Gasteiger partial charge in [0.15, 0.2) is 0 Å². The molecule has 34 heavy (non-hydrogen) atoms. The molecule has 6 nitrogen and oxygen atoms in total. The molecular weight excluding hydrogens is 426 g/mol. The maximum atomic E-state index is 13.0. The topological polar surface area (TPSA) is 71.5 Å². The molecule has 0 bridgehead atoms. The third kappa shape index (κ3) is 4.39. The molecule has 5 rings (SSSR count). The van der Waals surface area contributed by atoms with Crippen LogP contribution in [-0.2, 0) is 16.1 Å². The van der Waals surface area contributed by atoms with E-state index in [-0.39, 0.29) is 23.9 Å². The van der Waals surface area contributed by atoms with E-state index in [1.165, 1.54) is 17.4 Å². The van der Waals surface area contributed by atoms with Crippen LogP contribution < -0.4 is 10.2 Å². The molecule has 1 aromatic heterocycles. The fourth-order valence-electron chi connectivity index (χ4n) is 5.05. The van der Waals surface area contributed by atoms with Gasteiger partial charge < -0.3 is 10.1 Å². The summed E-state index contributed by atoms with van der Waals surface area (Å²) in [6.07, 6.45) is 4.32. The second-order valence-corrected chi connectivity index (χ2v) is 9.30. The molecule has 0 spiro atoms. The Morgan fingerprint density at radius 1 is 1.12 bits per heavy atom. The number of hydrogen-bond donors (Lipinski definition) is 1. The zero-order chi connectivity index (χ0) is 23.8. The molecule has 2 aliphatic rings. The molecule has 174 valence electrons. The number of amides is 1. The van der Waals surface area contributed by atoms with Gasteiger partial charge in [-0.1, -0.05) is 24.3 Å². The van der Waals surface area contributed by atoms with E-state index in [0.717, 1.165) is 30.3 Å². The van der Waals surface area contributed by atoms with Crippen molar-refractivity contribution >= 4 is 34.4 Å². The van der Waals surface area contributed by atoms with Crippen molar-refractivity contribution in [3.63, 3.8) is 0 Å². The fourth-order valence-corrected chi connectivity index (χ4v) is 5.05. The molecule has 0 aliphatic carbocycles. The van der Waals surface area contributed by atoms with Crippen LogP contribution in [0.15, 0.2) is 60.3 Å². The van der Waals surface area contributed by atoms with E-state index in [9.17, 15) is 9.59 Å². The molecule has 2 aliphatic heterocycles. The molecule has 6 heteroatoms. The lowest BCUT2D eigenvalue weighted by atomic mass is 9.99. The monoisotopic (exact) mass is 455 g/mol. The summed E-state index contributed by atoms with van der Waals surface area (Å²) in [5.74, 6) is -0.360. The van der Waals surface area contributed by atoms with Gasteiger partial charge in [-0.25, -0.2) is 4.98 Å². The third-order valence-electron chi connectivity index (χ3n) is 6.53. The van der Waals surface area contributed by atoms with Crippen molar-refractivity contribution in [1.29, 1.82) is 0 Å². The zero-order valence-corrected chi connectivity index (χ0v) is 19.7. The number of Topliss-reactive ketones (excluding diaryl/α,β-unsaturated/α-hetero) is 1. The average Bonchev–Trinajstić information content (AvgIpc) is 3.09. The van der Waals surface area contributed by atoms with Crippen molar-refractivity contribution in [3.8, 4) is 0 Å². The molecule has 3 aromatic rings. The standard InChI is InChI=1S/C28H29N3O3/c1-17-12-23(13-18(2)34-17)29-16-20-8-11-25-21(14-20)9-10-22(30-25)15-27-28(33)24-6-4-5-7-26(24)31(27)19(3)32/h4-11,14-15,17-18,23,29H,12-13,16H2,1-3H3/b27-15+/t17-,18?,23?/m1/s1. The highest BCUT2D eigenvalue weighted by atomic mass is 16.5. The molecule has 1 N–H and O–H groups in total. The molecule has 1 amide bonds. The van der Waals surface area contributed by atoms with Gasteiger partial charge in [0, 0.05) is 30.5 Å². The highest BCUT2D eigenvalue weighted by Gasteiger charge is 2.34. The number of ether oxygens (including phenoxy) is 1. The lowest BCUT2D eigenvalue weighted by Gasteiger charge is -2.32. The van der Waals surface area contributed by atoms with E-state index in [1.807, 2.05) is 30.3 Å². The summed E-state index contributed by atoms with van der Waals surface area (Å²) in [6.45, 7) is 6.53. The lowest BCUT2D eigenvalue weighted by Crippen LogP contribution is -2.40. The van der Waals surface area contributed by atoms with Crippen molar-refractivity contribution in [1.82, 2.24) is 10.3 Å². The summed E-state index contributed by atoms with van der Waals surface area (Å²) < 4.78 is 5.83. The van der Waals surface area contributed by atoms with Gasteiger partial charge >= 0.3 is 0 Å². The SMILES string of the molecule is CC(=O)N1/C(=C/c2ccc3cc(CNC4CC(C)O[C@H](C)C4)ccc3n2)C(=O)c2ccccc21. The number of para-hydroxylation sites is 1. The first-order valence-electron chi connectivity index (χ1n) is 11.8. The molecule has 2 unspecified atom stereocenters. The number of carbonyl (C=O) groups is 2. The summed E-state index contributed by atoms with van der Waals surface area (Å²) in [7, 11) is 0. The highest BCUT2D eigenvalue weighted by molar-refractivity contribution is 6.26. The van der Waals surface area contributed by atoms with Crippen LogP contribution in [0.25, 0.3) is 17.0 Å². The van der Waals surface area contributed by atoms with Gasteiger partial charge in [-0.15, -0.1) is 0 Å². The van der Waals surface area contributed by atoms with E-state index >= 15 is 0 Å². The van der Waals surface area contributed by atoms with Gasteiger partial charge in [0.1, 0.15) is 0 Å². The number of fused-ring (bicyclic) bond motifs is 2. The summed E-state index contributed by atoms with van der Waals surface area (Å²) in [5, 5.41) is 4.71. The van der Waals surface area contributed by atoms with Gasteiger partial charge in [-0.2, -0.15) is 0 Å². The van der Waals surface area contributed by atoms with Gasteiger partial charge in [-0.05, 0) is 68.7 Å². The molecule has 1 fully saturated rings. The molecular formula is C28H29N3O3. The Hall–Kier alpha value is -3.35. The predicted molar refractivity (Wildman–Crippen MR) is 134 cm³/mol. The number of pyridine rings is 1. The van der Waals surface area contributed by atoms with Crippen LogP contribution in [0.4, 0.5) is 5.69 Å².